The quantitative estimate of drug-likeness (QED) is 0.0524. The Kier molecular flexibility index (Phi) is 24.3. The van der Waals surface area contributed by atoms with Gasteiger partial charge < -0.3 is 4.55 Å². The maximum absolute atomic E-state index is 10.3. The predicted molar refractivity (Wildman–Crippen MR) is 171 cm³/mol. The van der Waals surface area contributed by atoms with Crippen molar-refractivity contribution in [1.82, 2.24) is 0 Å². The Labute approximate surface area is 251 Å². The predicted octanol–water partition coefficient (Wildman–Crippen LogP) is 10.2. The lowest BCUT2D eigenvalue weighted by Crippen LogP contribution is -2.47. The van der Waals surface area contributed by atoms with Crippen molar-refractivity contribution in [2.24, 2.45) is 0 Å². The fraction of sp³-hybridized carbons (Fsp3) is 0.758. The van der Waals surface area contributed by atoms with E-state index in [-0.39, 0.29) is 4.90 Å². The second-order valence-electron chi connectivity index (χ2n) is 10.9. The highest BCUT2D eigenvalue weighted by atomic mass is 79.9. The van der Waals surface area contributed by atoms with Gasteiger partial charge in [-0.25, -0.2) is 11.9 Å². The van der Waals surface area contributed by atoms with E-state index in [1.54, 1.807) is 6.07 Å². The van der Waals surface area contributed by atoms with Crippen LogP contribution in [0.1, 0.15) is 143 Å². The molecule has 0 heterocycles. The average molecular weight is 629 g/mol. The summed E-state index contributed by atoms with van der Waals surface area (Å²) in [6.45, 7) is 9.27. The van der Waals surface area contributed by atoms with E-state index in [0.717, 1.165) is 3.51 Å². The van der Waals surface area contributed by atoms with Crippen LogP contribution in [0.4, 0.5) is 0 Å². The monoisotopic (exact) mass is 627 g/mol. The highest BCUT2D eigenvalue weighted by Crippen LogP contribution is 2.28. The summed E-state index contributed by atoms with van der Waals surface area (Å²) in [6, 6.07) is 7.53. The van der Waals surface area contributed by atoms with Crippen LogP contribution in [0, 0.1) is 12.3 Å². The Hall–Kier alpha value is -0.870. The molecule has 0 spiro atoms. The van der Waals surface area contributed by atoms with Crippen LogP contribution in [-0.2, 0) is 10.1 Å². The number of terminal acetylenes is 1. The summed E-state index contributed by atoms with van der Waals surface area (Å²) in [5.41, 5.74) is 0. The van der Waals surface area contributed by atoms with E-state index in [2.05, 4.69) is 42.8 Å². The van der Waals surface area contributed by atoms with Crippen LogP contribution >= 0.6 is 16.1 Å². The number of hydrogen-bond acceptors (Lipinski definition) is 3. The molecule has 1 rings (SSSR count). The largest absolute Gasteiger partial charge is 0.744 e. The molecule has 0 aliphatic carbocycles. The molecule has 1 aromatic carbocycles. The van der Waals surface area contributed by atoms with Crippen LogP contribution in [0.5, 0.6) is 0 Å². The molecule has 226 valence electrons. The molecule has 4 nitrogen and oxygen atoms in total. The minimum atomic E-state index is -4.25. The van der Waals surface area contributed by atoms with Crippen LogP contribution < -0.4 is 0 Å². The van der Waals surface area contributed by atoms with E-state index in [1.165, 1.54) is 159 Å². The molecule has 39 heavy (non-hydrogen) atoms. The first-order valence-electron chi connectivity index (χ1n) is 15.8. The maximum atomic E-state index is 10.3. The molecule has 1 aromatic rings. The summed E-state index contributed by atoms with van der Waals surface area (Å²) in [6.07, 6.45) is 31.7. The van der Waals surface area contributed by atoms with Crippen molar-refractivity contribution in [2.75, 3.05) is 13.1 Å². The van der Waals surface area contributed by atoms with Crippen LogP contribution in [-0.4, -0.2) is 35.6 Å². The van der Waals surface area contributed by atoms with Gasteiger partial charge in [0.15, 0.2) is 6.04 Å². The number of benzene rings is 1. The van der Waals surface area contributed by atoms with Crippen molar-refractivity contribution in [3.8, 4) is 12.3 Å². The first-order chi connectivity index (χ1) is 18.7. The summed E-state index contributed by atoms with van der Waals surface area (Å²) in [7, 11) is -4.25. The maximum Gasteiger partial charge on any atom is 0.228 e. The molecule has 0 fully saturated rings. The fourth-order valence-electron chi connectivity index (χ4n) is 4.89. The Morgan fingerprint density at radius 2 is 1.10 bits per heavy atom. The Morgan fingerprint density at radius 1 is 0.718 bits per heavy atom. The normalized spacial score (nSPS) is 12.4. The minimum absolute atomic E-state index is 0.185. The number of nitrogens with zero attached hydrogens (tertiary/aromatic N) is 1. The lowest BCUT2D eigenvalue weighted by Gasteiger charge is -2.36. The van der Waals surface area contributed by atoms with Gasteiger partial charge in [0.1, 0.15) is 10.1 Å². The number of quaternary nitrogens is 1. The molecular formula is C33H58BrNO3S. The summed E-state index contributed by atoms with van der Waals surface area (Å²) >= 11 is 4.17. The van der Waals surface area contributed by atoms with E-state index in [1.807, 2.05) is 0 Å². The first-order valence-corrected chi connectivity index (χ1v) is 17.9. The molecule has 0 aliphatic rings. The number of halogens is 1. The second-order valence-corrected chi connectivity index (χ2v) is 13.7. The lowest BCUT2D eigenvalue weighted by molar-refractivity contribution is -0.799. The SMILES string of the molecule is C#CC(CCCCCCCC)[N+](Br)(CCCCCCCC)CCCCCCCC.O=S(=O)([O-])c1ccccc1. The zero-order chi connectivity index (χ0) is 29.2. The summed E-state index contributed by atoms with van der Waals surface area (Å²) in [5.74, 6) is 3.19. The summed E-state index contributed by atoms with van der Waals surface area (Å²) < 4.78 is 31.8. The van der Waals surface area contributed by atoms with Gasteiger partial charge in [0, 0.05) is 6.42 Å². The zero-order valence-corrected chi connectivity index (χ0v) is 27.8. The van der Waals surface area contributed by atoms with Gasteiger partial charge in [-0.15, -0.1) is 6.42 Å². The van der Waals surface area contributed by atoms with Gasteiger partial charge in [-0.1, -0.05) is 122 Å². The molecule has 6 heteroatoms. The third-order valence-corrected chi connectivity index (χ3v) is 9.43. The van der Waals surface area contributed by atoms with Gasteiger partial charge in [-0.2, -0.15) is 0 Å². The van der Waals surface area contributed by atoms with E-state index in [4.69, 9.17) is 6.42 Å². The molecule has 0 radical (unpaired) electrons. The topological polar surface area (TPSA) is 57.2 Å². The van der Waals surface area contributed by atoms with E-state index < -0.39 is 10.1 Å². The van der Waals surface area contributed by atoms with Crippen LogP contribution in [0.2, 0.25) is 0 Å². The molecule has 0 bridgehead atoms. The van der Waals surface area contributed by atoms with Crippen molar-refractivity contribution in [1.29, 1.82) is 0 Å². The van der Waals surface area contributed by atoms with Crippen molar-refractivity contribution in [3.05, 3.63) is 30.3 Å². The molecule has 0 saturated heterocycles. The highest BCUT2D eigenvalue weighted by Gasteiger charge is 2.33. The molecule has 0 aliphatic heterocycles. The second kappa shape index (κ2) is 24.9. The third kappa shape index (κ3) is 20.6. The Bertz CT molecular complexity index is 807. The van der Waals surface area contributed by atoms with Crippen molar-refractivity contribution >= 4 is 26.3 Å². The van der Waals surface area contributed by atoms with Crippen molar-refractivity contribution < 1.29 is 16.5 Å². The first kappa shape index (κ1) is 38.1. The van der Waals surface area contributed by atoms with Crippen LogP contribution in [0.25, 0.3) is 0 Å². The van der Waals surface area contributed by atoms with Crippen LogP contribution in [0.15, 0.2) is 35.2 Å². The third-order valence-electron chi connectivity index (χ3n) is 7.38. The van der Waals surface area contributed by atoms with Crippen molar-refractivity contribution in [3.63, 3.8) is 0 Å². The minimum Gasteiger partial charge on any atom is -0.744 e. The zero-order valence-electron chi connectivity index (χ0n) is 25.3. The van der Waals surface area contributed by atoms with Gasteiger partial charge in [-0.05, 0) is 50.2 Å². The molecule has 1 unspecified atom stereocenters. The van der Waals surface area contributed by atoms with Gasteiger partial charge >= 0.3 is 0 Å². The van der Waals surface area contributed by atoms with Crippen molar-refractivity contribution in [2.45, 2.75) is 154 Å². The molecule has 1 atom stereocenters. The van der Waals surface area contributed by atoms with Gasteiger partial charge in [-0.3, -0.25) is 0 Å². The highest BCUT2D eigenvalue weighted by molar-refractivity contribution is 9.05. The Morgan fingerprint density at radius 3 is 1.46 bits per heavy atom. The number of hydrogen-bond donors (Lipinski definition) is 0. The average Bonchev–Trinajstić information content (AvgIpc) is 2.92. The molecule has 0 N–H and O–H groups in total. The molecule has 0 aromatic heterocycles. The van der Waals surface area contributed by atoms with E-state index in [9.17, 15) is 13.0 Å². The summed E-state index contributed by atoms with van der Waals surface area (Å²) in [4.78, 5) is -0.185. The molecular weight excluding hydrogens is 570 g/mol. The van der Waals surface area contributed by atoms with E-state index >= 15 is 0 Å². The Balaban J connectivity index is 0.00000120. The van der Waals surface area contributed by atoms with Gasteiger partial charge in [0.2, 0.25) is 16.1 Å². The lowest BCUT2D eigenvalue weighted by atomic mass is 10.0. The summed E-state index contributed by atoms with van der Waals surface area (Å²) in [5, 5.41) is 0. The molecule has 0 saturated carbocycles. The van der Waals surface area contributed by atoms with Gasteiger partial charge in [0.25, 0.3) is 0 Å². The fourth-order valence-corrected chi connectivity index (χ4v) is 6.20. The molecule has 0 amide bonds. The van der Waals surface area contributed by atoms with Crippen LogP contribution in [0.3, 0.4) is 0 Å². The standard InChI is InChI=1S/C27H53BrN.C6H6O3S/c1-5-9-12-15-18-21-24-27(8-4)29(28,25-22-19-16-13-10-6-2)26-23-20-17-14-11-7-3;7-10(8,9)6-4-2-1-3-5-6/h4,27H,5-7,9-26H2,1-3H3;1-5H,(H,7,8,9)/q+1;/p-1. The number of unbranched alkanes of at least 4 members (excludes halogenated alkanes) is 15. The van der Waals surface area contributed by atoms with Gasteiger partial charge in [0.05, 0.1) is 18.0 Å². The smallest absolute Gasteiger partial charge is 0.228 e. The van der Waals surface area contributed by atoms with E-state index in [0.29, 0.717) is 6.04 Å². The number of rotatable bonds is 23.